The number of alkyl halides is 1. The van der Waals surface area contributed by atoms with Gasteiger partial charge < -0.3 is 4.90 Å². The highest BCUT2D eigenvalue weighted by Gasteiger charge is 2.33. The van der Waals surface area contributed by atoms with Gasteiger partial charge in [-0.25, -0.2) is 8.78 Å². The molecule has 1 amide bonds. The Bertz CT molecular complexity index is 481. The van der Waals surface area contributed by atoms with Gasteiger partial charge in [0, 0.05) is 18.5 Å². The second kappa shape index (κ2) is 5.87. The van der Waals surface area contributed by atoms with Crippen LogP contribution in [0.2, 0.25) is 0 Å². The Morgan fingerprint density at radius 3 is 2.79 bits per heavy atom. The van der Waals surface area contributed by atoms with E-state index in [0.29, 0.717) is 23.9 Å². The Balaban J connectivity index is 2.06. The predicted molar refractivity (Wildman–Crippen MR) is 70.1 cm³/mol. The molecule has 19 heavy (non-hydrogen) atoms. The van der Waals surface area contributed by atoms with Gasteiger partial charge in [0.15, 0.2) is 11.6 Å². The minimum atomic E-state index is -0.922. The van der Waals surface area contributed by atoms with Crippen LogP contribution in [-0.2, 0) is 11.2 Å². The summed E-state index contributed by atoms with van der Waals surface area (Å²) in [4.78, 5) is 13.9. The van der Waals surface area contributed by atoms with Gasteiger partial charge in [0.2, 0.25) is 5.91 Å². The number of likely N-dealkylation sites (tertiary alicyclic amines) is 1. The summed E-state index contributed by atoms with van der Waals surface area (Å²) in [5, 5.41) is 0. The number of hydrogen-bond acceptors (Lipinski definition) is 1. The lowest BCUT2D eigenvalue weighted by Crippen LogP contribution is -2.39. The van der Waals surface area contributed by atoms with E-state index in [1.54, 1.807) is 4.90 Å². The first-order valence-electron chi connectivity index (χ1n) is 6.32. The molecule has 1 saturated heterocycles. The molecule has 5 heteroatoms. The number of carbonyl (C=O) groups is 1. The summed E-state index contributed by atoms with van der Waals surface area (Å²) in [6, 6.07) is 3.59. The molecule has 2 atom stereocenters. The van der Waals surface area contributed by atoms with E-state index < -0.39 is 11.6 Å². The zero-order chi connectivity index (χ0) is 14.0. The molecule has 0 N–H and O–H groups in total. The molecule has 1 aliphatic heterocycles. The molecule has 1 fully saturated rings. The molecule has 104 valence electrons. The van der Waals surface area contributed by atoms with Crippen LogP contribution in [0.4, 0.5) is 8.78 Å². The molecule has 1 aromatic carbocycles. The third-order valence-corrected chi connectivity index (χ3v) is 4.02. The van der Waals surface area contributed by atoms with E-state index in [4.69, 9.17) is 11.6 Å². The number of amides is 1. The highest BCUT2D eigenvalue weighted by Crippen LogP contribution is 2.25. The molecular weight excluding hydrogens is 272 g/mol. The van der Waals surface area contributed by atoms with E-state index in [2.05, 4.69) is 6.92 Å². The summed E-state index contributed by atoms with van der Waals surface area (Å²) < 4.78 is 25.9. The molecular formula is C14H16ClF2NO. The Kier molecular flexibility index (Phi) is 4.40. The van der Waals surface area contributed by atoms with Gasteiger partial charge >= 0.3 is 0 Å². The Labute approximate surface area is 116 Å². The van der Waals surface area contributed by atoms with Crippen LogP contribution in [0.1, 0.15) is 18.9 Å². The quantitative estimate of drug-likeness (QED) is 0.783. The summed E-state index contributed by atoms with van der Waals surface area (Å²) in [6.07, 6.45) is 1.01. The van der Waals surface area contributed by atoms with E-state index in [-0.39, 0.29) is 18.4 Å². The minimum Gasteiger partial charge on any atom is -0.338 e. The largest absolute Gasteiger partial charge is 0.338 e. The molecule has 2 unspecified atom stereocenters. The van der Waals surface area contributed by atoms with Gasteiger partial charge in [-0.15, -0.1) is 11.6 Å². The van der Waals surface area contributed by atoms with E-state index in [1.807, 2.05) is 0 Å². The van der Waals surface area contributed by atoms with E-state index in [1.165, 1.54) is 6.07 Å². The number of benzene rings is 1. The van der Waals surface area contributed by atoms with Gasteiger partial charge in [-0.2, -0.15) is 0 Å². The topological polar surface area (TPSA) is 20.3 Å². The molecule has 0 aliphatic carbocycles. The van der Waals surface area contributed by atoms with Crippen LogP contribution in [-0.4, -0.2) is 29.3 Å². The predicted octanol–water partition coefficient (Wildman–Crippen LogP) is 2.98. The summed E-state index contributed by atoms with van der Waals surface area (Å²) in [6.45, 7) is 2.75. The number of nitrogens with zero attached hydrogens (tertiary/aromatic N) is 1. The smallest absolute Gasteiger partial charge is 0.227 e. The van der Waals surface area contributed by atoms with Gasteiger partial charge in [-0.3, -0.25) is 4.79 Å². The standard InChI is InChI=1S/C14H16ClF2NO/c1-9-4-5-18(13(9)8-15)14(19)7-10-2-3-11(16)12(17)6-10/h2-3,6,9,13H,4-5,7-8H2,1H3. The van der Waals surface area contributed by atoms with Gasteiger partial charge in [-0.05, 0) is 30.0 Å². The second-order valence-corrected chi connectivity index (χ2v) is 5.31. The van der Waals surface area contributed by atoms with Gasteiger partial charge in [-0.1, -0.05) is 13.0 Å². The molecule has 0 aromatic heterocycles. The van der Waals surface area contributed by atoms with Crippen LogP contribution in [0.3, 0.4) is 0 Å². The Morgan fingerprint density at radius 2 is 2.16 bits per heavy atom. The van der Waals surface area contributed by atoms with E-state index >= 15 is 0 Å². The maximum Gasteiger partial charge on any atom is 0.227 e. The van der Waals surface area contributed by atoms with Crippen LogP contribution in [0.5, 0.6) is 0 Å². The summed E-state index contributed by atoms with van der Waals surface area (Å²) in [5.41, 5.74) is 0.483. The molecule has 0 spiro atoms. The molecule has 1 aromatic rings. The van der Waals surface area contributed by atoms with Crippen LogP contribution in [0.25, 0.3) is 0 Å². The molecule has 0 bridgehead atoms. The van der Waals surface area contributed by atoms with Crippen LogP contribution in [0, 0.1) is 17.6 Å². The van der Waals surface area contributed by atoms with Crippen molar-refractivity contribution in [3.05, 3.63) is 35.4 Å². The van der Waals surface area contributed by atoms with Crippen molar-refractivity contribution in [1.82, 2.24) is 4.90 Å². The Morgan fingerprint density at radius 1 is 1.42 bits per heavy atom. The molecule has 0 radical (unpaired) electrons. The van der Waals surface area contributed by atoms with Crippen molar-refractivity contribution in [3.63, 3.8) is 0 Å². The normalized spacial score (nSPS) is 22.8. The fourth-order valence-electron chi connectivity index (χ4n) is 2.48. The van der Waals surface area contributed by atoms with E-state index in [9.17, 15) is 13.6 Å². The number of rotatable bonds is 3. The summed E-state index contributed by atoms with van der Waals surface area (Å²) in [5.74, 6) is -1.11. The van der Waals surface area contributed by atoms with Crippen LogP contribution in [0.15, 0.2) is 18.2 Å². The van der Waals surface area contributed by atoms with Crippen molar-refractivity contribution in [2.24, 2.45) is 5.92 Å². The first-order chi connectivity index (χ1) is 9.02. The van der Waals surface area contributed by atoms with E-state index in [0.717, 1.165) is 18.6 Å². The number of hydrogen-bond donors (Lipinski definition) is 0. The Hall–Kier alpha value is -1.16. The van der Waals surface area contributed by atoms with Crippen molar-refractivity contribution in [2.45, 2.75) is 25.8 Å². The highest BCUT2D eigenvalue weighted by molar-refractivity contribution is 6.18. The SMILES string of the molecule is CC1CCN(C(=O)Cc2ccc(F)c(F)c2)C1CCl. The lowest BCUT2D eigenvalue weighted by atomic mass is 10.0. The summed E-state index contributed by atoms with van der Waals surface area (Å²) >= 11 is 5.89. The maximum absolute atomic E-state index is 13.1. The molecule has 2 rings (SSSR count). The van der Waals surface area contributed by atoms with Crippen molar-refractivity contribution < 1.29 is 13.6 Å². The lowest BCUT2D eigenvalue weighted by Gasteiger charge is -2.25. The molecule has 2 nitrogen and oxygen atoms in total. The van der Waals surface area contributed by atoms with Crippen molar-refractivity contribution in [3.8, 4) is 0 Å². The van der Waals surface area contributed by atoms with Gasteiger partial charge in [0.25, 0.3) is 0 Å². The first kappa shape index (κ1) is 14.3. The number of halogens is 3. The summed E-state index contributed by atoms with van der Waals surface area (Å²) in [7, 11) is 0. The average Bonchev–Trinajstić information content (AvgIpc) is 2.75. The van der Waals surface area contributed by atoms with Gasteiger partial charge in [0.05, 0.1) is 6.42 Å². The third kappa shape index (κ3) is 3.06. The highest BCUT2D eigenvalue weighted by atomic mass is 35.5. The maximum atomic E-state index is 13.1. The van der Waals surface area contributed by atoms with Crippen LogP contribution >= 0.6 is 11.6 Å². The monoisotopic (exact) mass is 287 g/mol. The zero-order valence-electron chi connectivity index (χ0n) is 10.7. The molecule has 0 saturated carbocycles. The third-order valence-electron chi connectivity index (χ3n) is 3.70. The second-order valence-electron chi connectivity index (χ2n) is 5.00. The number of carbonyl (C=O) groups excluding carboxylic acids is 1. The van der Waals surface area contributed by atoms with Gasteiger partial charge in [0.1, 0.15) is 0 Å². The zero-order valence-corrected chi connectivity index (χ0v) is 11.5. The fraction of sp³-hybridized carbons (Fsp3) is 0.500. The fourth-order valence-corrected chi connectivity index (χ4v) is 2.95. The van der Waals surface area contributed by atoms with Crippen molar-refractivity contribution in [1.29, 1.82) is 0 Å². The van der Waals surface area contributed by atoms with Crippen molar-refractivity contribution in [2.75, 3.05) is 12.4 Å². The molecule has 1 aliphatic rings. The average molecular weight is 288 g/mol. The van der Waals surface area contributed by atoms with Crippen LogP contribution < -0.4 is 0 Å². The lowest BCUT2D eigenvalue weighted by molar-refractivity contribution is -0.131. The molecule has 1 heterocycles. The minimum absolute atomic E-state index is 0.0412. The first-order valence-corrected chi connectivity index (χ1v) is 6.85. The van der Waals surface area contributed by atoms with Crippen molar-refractivity contribution >= 4 is 17.5 Å².